The maximum Gasteiger partial charge on any atom is 0.242 e. The van der Waals surface area contributed by atoms with Gasteiger partial charge < -0.3 is 5.73 Å². The molecule has 2 aromatic rings. The number of rotatable bonds is 5. The molecule has 19 heavy (non-hydrogen) atoms. The van der Waals surface area contributed by atoms with Crippen molar-refractivity contribution in [1.82, 2.24) is 14.7 Å². The van der Waals surface area contributed by atoms with E-state index in [1.807, 2.05) is 0 Å². The number of nitrogens with zero attached hydrogens (tertiary/aromatic N) is 2. The molecule has 0 unspecified atom stereocenters. The highest BCUT2D eigenvalue weighted by molar-refractivity contribution is 7.89. The van der Waals surface area contributed by atoms with E-state index in [4.69, 9.17) is 18.0 Å². The molecule has 0 aromatic carbocycles. The molecule has 0 aliphatic heterocycles. The summed E-state index contributed by atoms with van der Waals surface area (Å²) >= 11 is 6.13. The Hall–Kier alpha value is -1.42. The Kier molecular flexibility index (Phi) is 4.20. The molecule has 2 aromatic heterocycles. The summed E-state index contributed by atoms with van der Waals surface area (Å²) in [7, 11) is -3.61. The van der Waals surface area contributed by atoms with Gasteiger partial charge in [0, 0.05) is 17.8 Å². The largest absolute Gasteiger partial charge is 0.388 e. The van der Waals surface area contributed by atoms with Gasteiger partial charge in [-0.1, -0.05) is 12.2 Å². The molecule has 0 bridgehead atoms. The number of hydrogen-bond acceptors (Lipinski definition) is 6. The molecule has 100 valence electrons. The van der Waals surface area contributed by atoms with Crippen LogP contribution in [0.2, 0.25) is 0 Å². The first-order valence-corrected chi connectivity index (χ1v) is 7.90. The van der Waals surface area contributed by atoms with E-state index in [9.17, 15) is 8.42 Å². The molecule has 6 nitrogen and oxygen atoms in total. The van der Waals surface area contributed by atoms with Crippen LogP contribution in [0.5, 0.6) is 0 Å². The second kappa shape index (κ2) is 5.70. The van der Waals surface area contributed by atoms with E-state index in [0.717, 1.165) is 0 Å². The fourth-order valence-electron chi connectivity index (χ4n) is 1.27. The van der Waals surface area contributed by atoms with Gasteiger partial charge in [0.15, 0.2) is 0 Å². The smallest absolute Gasteiger partial charge is 0.242 e. The number of sulfonamides is 1. The molecule has 2 heterocycles. The van der Waals surface area contributed by atoms with Crippen LogP contribution in [0.15, 0.2) is 34.8 Å². The van der Waals surface area contributed by atoms with Crippen LogP contribution in [0.4, 0.5) is 0 Å². The predicted molar refractivity (Wildman–Crippen MR) is 76.3 cm³/mol. The first-order valence-electron chi connectivity index (χ1n) is 5.13. The van der Waals surface area contributed by atoms with Gasteiger partial charge in [-0.2, -0.15) is 0 Å². The van der Waals surface area contributed by atoms with E-state index in [0.29, 0.717) is 10.7 Å². The lowest BCUT2D eigenvalue weighted by Gasteiger charge is -2.05. The highest BCUT2D eigenvalue weighted by Gasteiger charge is 2.15. The zero-order valence-corrected chi connectivity index (χ0v) is 12.1. The van der Waals surface area contributed by atoms with Crippen LogP contribution in [-0.2, 0) is 16.6 Å². The Bertz CT molecular complexity index is 665. The first-order chi connectivity index (χ1) is 8.99. The Labute approximate surface area is 119 Å². The second-order valence-corrected chi connectivity index (χ2v) is 6.68. The summed E-state index contributed by atoms with van der Waals surface area (Å²) in [5.74, 6) is 0. The van der Waals surface area contributed by atoms with Crippen molar-refractivity contribution in [3.8, 4) is 0 Å². The molecule has 0 spiro atoms. The summed E-state index contributed by atoms with van der Waals surface area (Å²) in [6.07, 6.45) is 2.84. The number of thiazole rings is 1. The van der Waals surface area contributed by atoms with Crippen molar-refractivity contribution in [3.63, 3.8) is 0 Å². The van der Waals surface area contributed by atoms with Crippen molar-refractivity contribution in [2.75, 3.05) is 0 Å². The average molecular weight is 314 g/mol. The molecule has 0 fully saturated rings. The van der Waals surface area contributed by atoms with Gasteiger partial charge in [0.25, 0.3) is 0 Å². The highest BCUT2D eigenvalue weighted by atomic mass is 32.2. The van der Waals surface area contributed by atoms with Crippen molar-refractivity contribution in [1.29, 1.82) is 0 Å². The van der Waals surface area contributed by atoms with Crippen molar-refractivity contribution < 1.29 is 8.42 Å². The number of thiocarbonyl (C=S) groups is 1. The van der Waals surface area contributed by atoms with Crippen molar-refractivity contribution in [2.45, 2.75) is 11.4 Å². The molecule has 9 heteroatoms. The fraction of sp³-hybridized carbons (Fsp3) is 0.100. The summed E-state index contributed by atoms with van der Waals surface area (Å²) in [4.78, 5) is 8.07. The third-order valence-corrected chi connectivity index (χ3v) is 4.57. The Morgan fingerprint density at radius 2 is 2.21 bits per heavy atom. The standard InChI is InChI=1S/C10H10N4O2S3/c11-10(17)8-2-1-7(5-13-8)19(15,16)14-6-9-12-3-4-18-9/h1-5,14H,6H2,(H2,11,17). The van der Waals surface area contributed by atoms with Crippen LogP contribution in [0, 0.1) is 0 Å². The molecule has 0 radical (unpaired) electrons. The zero-order valence-electron chi connectivity index (χ0n) is 9.61. The molecule has 0 amide bonds. The molecule has 0 saturated heterocycles. The van der Waals surface area contributed by atoms with Crippen LogP contribution in [0.3, 0.4) is 0 Å². The Morgan fingerprint density at radius 3 is 2.74 bits per heavy atom. The molecule has 3 N–H and O–H groups in total. The van der Waals surface area contributed by atoms with E-state index in [1.165, 1.54) is 29.7 Å². The minimum absolute atomic E-state index is 0.0593. The van der Waals surface area contributed by atoms with Gasteiger partial charge in [-0.05, 0) is 12.1 Å². The monoisotopic (exact) mass is 314 g/mol. The number of nitrogens with one attached hydrogen (secondary N) is 1. The maximum absolute atomic E-state index is 12.0. The van der Waals surface area contributed by atoms with Gasteiger partial charge in [-0.3, -0.25) is 4.98 Å². The minimum atomic E-state index is -3.61. The summed E-state index contributed by atoms with van der Waals surface area (Å²) in [6, 6.07) is 2.88. The molecule has 0 aliphatic rings. The fourth-order valence-corrected chi connectivity index (χ4v) is 2.97. The molecular formula is C10H10N4O2S3. The molecule has 0 aliphatic carbocycles. The lowest BCUT2D eigenvalue weighted by atomic mass is 10.3. The summed E-state index contributed by atoms with van der Waals surface area (Å²) in [5.41, 5.74) is 5.78. The number of nitrogens with two attached hydrogens (primary N) is 1. The van der Waals surface area contributed by atoms with Crippen molar-refractivity contribution in [3.05, 3.63) is 40.6 Å². The van der Waals surface area contributed by atoms with E-state index >= 15 is 0 Å². The summed E-state index contributed by atoms with van der Waals surface area (Å²) < 4.78 is 26.4. The molecule has 0 atom stereocenters. The van der Waals surface area contributed by atoms with Gasteiger partial charge in [0.1, 0.15) is 14.9 Å². The number of aromatic nitrogens is 2. The van der Waals surface area contributed by atoms with Crippen LogP contribution in [0.25, 0.3) is 0 Å². The predicted octanol–water partition coefficient (Wildman–Crippen LogP) is 0.651. The first kappa shape index (κ1) is 14.0. The second-order valence-electron chi connectivity index (χ2n) is 3.49. The van der Waals surface area contributed by atoms with Gasteiger partial charge in [0.2, 0.25) is 10.0 Å². The average Bonchev–Trinajstić information content (AvgIpc) is 2.90. The molecule has 2 rings (SSSR count). The topological polar surface area (TPSA) is 98.0 Å². The van der Waals surface area contributed by atoms with Crippen molar-refractivity contribution in [2.24, 2.45) is 5.73 Å². The van der Waals surface area contributed by atoms with Gasteiger partial charge in [-0.25, -0.2) is 18.1 Å². The zero-order chi connectivity index (χ0) is 13.9. The normalized spacial score (nSPS) is 11.4. The van der Waals surface area contributed by atoms with Crippen LogP contribution in [0.1, 0.15) is 10.7 Å². The Balaban J connectivity index is 2.13. The van der Waals surface area contributed by atoms with E-state index in [-0.39, 0.29) is 16.4 Å². The van der Waals surface area contributed by atoms with Gasteiger partial charge in [-0.15, -0.1) is 11.3 Å². The number of pyridine rings is 1. The van der Waals surface area contributed by atoms with Gasteiger partial charge in [0.05, 0.1) is 12.2 Å². The Morgan fingerprint density at radius 1 is 1.42 bits per heavy atom. The highest BCUT2D eigenvalue weighted by Crippen LogP contribution is 2.10. The summed E-state index contributed by atoms with van der Waals surface area (Å²) in [5, 5.41) is 2.47. The lowest BCUT2D eigenvalue weighted by molar-refractivity contribution is 0.580. The SMILES string of the molecule is NC(=S)c1ccc(S(=O)(=O)NCc2nccs2)cn1. The minimum Gasteiger partial charge on any atom is -0.388 e. The molecular weight excluding hydrogens is 304 g/mol. The third kappa shape index (κ3) is 3.53. The maximum atomic E-state index is 12.0. The molecule has 0 saturated carbocycles. The van der Waals surface area contributed by atoms with Gasteiger partial charge >= 0.3 is 0 Å². The van der Waals surface area contributed by atoms with Crippen LogP contribution >= 0.6 is 23.6 Å². The van der Waals surface area contributed by atoms with Crippen LogP contribution < -0.4 is 10.5 Å². The van der Waals surface area contributed by atoms with E-state index in [1.54, 1.807) is 11.6 Å². The van der Waals surface area contributed by atoms with E-state index < -0.39 is 10.0 Å². The van der Waals surface area contributed by atoms with E-state index in [2.05, 4.69) is 14.7 Å². The van der Waals surface area contributed by atoms with Crippen LogP contribution in [-0.4, -0.2) is 23.4 Å². The number of hydrogen-bond donors (Lipinski definition) is 2. The summed E-state index contributed by atoms with van der Waals surface area (Å²) in [6.45, 7) is 0.150. The lowest BCUT2D eigenvalue weighted by Crippen LogP contribution is -2.23. The third-order valence-electron chi connectivity index (χ3n) is 2.20. The quantitative estimate of drug-likeness (QED) is 0.786. The van der Waals surface area contributed by atoms with Crippen molar-refractivity contribution >= 4 is 38.6 Å².